The molecule has 3 atom stereocenters. The molecule has 3 aromatic rings. The summed E-state index contributed by atoms with van der Waals surface area (Å²) < 4.78 is 14.2. The molecule has 2 aromatic heterocycles. The van der Waals surface area contributed by atoms with Crippen molar-refractivity contribution in [3.8, 4) is 0 Å². The molecule has 0 amide bonds. The maximum atomic E-state index is 11.8. The molecule has 2 aliphatic heterocycles. The molecule has 27 heavy (non-hydrogen) atoms. The molecule has 7 heteroatoms. The Kier molecular flexibility index (Phi) is 4.02. The summed E-state index contributed by atoms with van der Waals surface area (Å²) in [5.74, 6) is -0.336. The van der Waals surface area contributed by atoms with Crippen molar-refractivity contribution in [2.24, 2.45) is 7.05 Å². The SMILES string of the molecule is C[C@H]1C[C@@]2(C[C@@H](c3ccc4c(c3)oc(=O)n4C)N1)OCCc1cc(Cl)sc12. The van der Waals surface area contributed by atoms with Crippen molar-refractivity contribution >= 4 is 34.0 Å². The number of aryl methyl sites for hydroxylation is 1. The average Bonchev–Trinajstić information content (AvgIpc) is 3.15. The first-order valence-corrected chi connectivity index (χ1v) is 10.4. The third-order valence-electron chi connectivity index (χ3n) is 5.82. The van der Waals surface area contributed by atoms with Crippen molar-refractivity contribution in [2.45, 2.75) is 43.9 Å². The minimum atomic E-state index is -0.336. The van der Waals surface area contributed by atoms with Crippen molar-refractivity contribution in [1.82, 2.24) is 9.88 Å². The van der Waals surface area contributed by atoms with Crippen LogP contribution < -0.4 is 11.1 Å². The minimum absolute atomic E-state index is 0.121. The first kappa shape index (κ1) is 17.5. The van der Waals surface area contributed by atoms with Crippen molar-refractivity contribution in [1.29, 1.82) is 0 Å². The highest BCUT2D eigenvalue weighted by Gasteiger charge is 2.46. The molecule has 0 aliphatic carbocycles. The van der Waals surface area contributed by atoms with Crippen LogP contribution in [0.2, 0.25) is 4.34 Å². The van der Waals surface area contributed by atoms with Gasteiger partial charge in [-0.1, -0.05) is 17.7 Å². The monoisotopic (exact) mass is 404 g/mol. The number of nitrogens with one attached hydrogen (secondary N) is 1. The molecule has 1 fully saturated rings. The number of nitrogens with zero attached hydrogens (tertiary/aromatic N) is 1. The second-order valence-electron chi connectivity index (χ2n) is 7.68. The molecule has 142 valence electrons. The molecule has 5 nitrogen and oxygen atoms in total. The van der Waals surface area contributed by atoms with Crippen LogP contribution in [0.15, 0.2) is 33.5 Å². The van der Waals surface area contributed by atoms with Gasteiger partial charge in [0, 0.05) is 30.4 Å². The highest BCUT2D eigenvalue weighted by Crippen LogP contribution is 2.50. The van der Waals surface area contributed by atoms with Crippen molar-refractivity contribution in [2.75, 3.05) is 6.61 Å². The number of hydrogen-bond acceptors (Lipinski definition) is 5. The summed E-state index contributed by atoms with van der Waals surface area (Å²) >= 11 is 7.98. The lowest BCUT2D eigenvalue weighted by molar-refractivity contribution is -0.0954. The summed E-state index contributed by atoms with van der Waals surface area (Å²) in [6, 6.07) is 8.53. The van der Waals surface area contributed by atoms with Crippen LogP contribution in [0.4, 0.5) is 0 Å². The van der Waals surface area contributed by atoms with E-state index < -0.39 is 0 Å². The number of benzene rings is 1. The largest absolute Gasteiger partial charge is 0.419 e. The molecule has 1 spiro atoms. The Labute approximate surface area is 165 Å². The maximum absolute atomic E-state index is 11.8. The number of halogens is 1. The Morgan fingerprint density at radius 3 is 3.04 bits per heavy atom. The molecule has 0 bridgehead atoms. The number of rotatable bonds is 1. The molecule has 2 aliphatic rings. The summed E-state index contributed by atoms with van der Waals surface area (Å²) in [6.07, 6.45) is 2.69. The minimum Gasteiger partial charge on any atom is -0.408 e. The van der Waals surface area contributed by atoms with E-state index in [1.165, 1.54) is 15.0 Å². The van der Waals surface area contributed by atoms with Crippen molar-refractivity contribution in [3.63, 3.8) is 0 Å². The number of aromatic nitrogens is 1. The normalized spacial score (nSPS) is 28.0. The van der Waals surface area contributed by atoms with E-state index in [2.05, 4.69) is 24.4 Å². The van der Waals surface area contributed by atoms with Gasteiger partial charge in [0.05, 0.1) is 16.5 Å². The zero-order valence-electron chi connectivity index (χ0n) is 15.3. The van der Waals surface area contributed by atoms with E-state index in [0.29, 0.717) is 11.6 Å². The first-order valence-electron chi connectivity index (χ1n) is 9.23. The van der Waals surface area contributed by atoms with Gasteiger partial charge in [0.25, 0.3) is 0 Å². The van der Waals surface area contributed by atoms with E-state index in [0.717, 1.165) is 41.3 Å². The van der Waals surface area contributed by atoms with E-state index in [1.807, 2.05) is 12.1 Å². The molecule has 0 unspecified atom stereocenters. The third-order valence-corrected chi connectivity index (χ3v) is 7.31. The van der Waals surface area contributed by atoms with Crippen LogP contribution in [0.1, 0.15) is 41.8 Å². The fourth-order valence-corrected chi connectivity index (χ4v) is 6.10. The second-order valence-corrected chi connectivity index (χ2v) is 9.36. The zero-order valence-corrected chi connectivity index (χ0v) is 16.8. The average molecular weight is 405 g/mol. The highest BCUT2D eigenvalue weighted by atomic mass is 35.5. The summed E-state index contributed by atoms with van der Waals surface area (Å²) in [7, 11) is 1.72. The molecule has 1 saturated heterocycles. The van der Waals surface area contributed by atoms with Crippen molar-refractivity contribution < 1.29 is 9.15 Å². The zero-order chi connectivity index (χ0) is 18.8. The second kappa shape index (κ2) is 6.21. The number of fused-ring (bicyclic) bond motifs is 3. The maximum Gasteiger partial charge on any atom is 0.419 e. The van der Waals surface area contributed by atoms with E-state index in [1.54, 1.807) is 18.4 Å². The third kappa shape index (κ3) is 2.78. The molecule has 4 heterocycles. The fraction of sp³-hybridized carbons (Fsp3) is 0.450. The van der Waals surface area contributed by atoms with Gasteiger partial charge in [-0.15, -0.1) is 11.3 Å². The predicted molar refractivity (Wildman–Crippen MR) is 107 cm³/mol. The van der Waals surface area contributed by atoms with E-state index in [-0.39, 0.29) is 17.4 Å². The Morgan fingerprint density at radius 1 is 1.33 bits per heavy atom. The molecule has 0 radical (unpaired) electrons. The van der Waals surface area contributed by atoms with Crippen LogP contribution in [0, 0.1) is 0 Å². The lowest BCUT2D eigenvalue weighted by atomic mass is 9.78. The van der Waals surface area contributed by atoms with E-state index >= 15 is 0 Å². The molecule has 1 aromatic carbocycles. The number of thiophene rings is 1. The smallest absolute Gasteiger partial charge is 0.408 e. The van der Waals surface area contributed by atoms with Gasteiger partial charge in [-0.05, 0) is 49.1 Å². The van der Waals surface area contributed by atoms with Crippen LogP contribution in [0.5, 0.6) is 0 Å². The van der Waals surface area contributed by atoms with Gasteiger partial charge in [-0.3, -0.25) is 4.57 Å². The van der Waals surface area contributed by atoms with Crippen LogP contribution in [0.25, 0.3) is 11.1 Å². The van der Waals surface area contributed by atoms with Crippen LogP contribution in [0.3, 0.4) is 0 Å². The Morgan fingerprint density at radius 2 is 2.19 bits per heavy atom. The first-order chi connectivity index (χ1) is 12.9. The highest BCUT2D eigenvalue weighted by molar-refractivity contribution is 7.16. The predicted octanol–water partition coefficient (Wildman–Crippen LogP) is 4.13. The number of ether oxygens (including phenoxy) is 1. The lowest BCUT2D eigenvalue weighted by Gasteiger charge is -2.46. The van der Waals surface area contributed by atoms with E-state index in [4.69, 9.17) is 20.8 Å². The molecular weight excluding hydrogens is 384 g/mol. The standard InChI is InChI=1S/C20H21ClN2O3S/c1-11-9-20(18-13(5-6-25-20)8-17(21)27-18)10-14(22-11)12-3-4-15-16(7-12)26-19(24)23(15)2/h3-4,7-8,11,14,22H,5-6,9-10H2,1-2H3/t11-,14-,20-/m0/s1. The Balaban J connectivity index is 1.56. The van der Waals surface area contributed by atoms with Gasteiger partial charge in [-0.25, -0.2) is 4.79 Å². The summed E-state index contributed by atoms with van der Waals surface area (Å²) in [6.45, 7) is 2.92. The number of piperidine rings is 1. The molecule has 1 N–H and O–H groups in total. The topological polar surface area (TPSA) is 56.4 Å². The quantitative estimate of drug-likeness (QED) is 0.662. The summed E-state index contributed by atoms with van der Waals surface area (Å²) in [5, 5.41) is 3.69. The van der Waals surface area contributed by atoms with Gasteiger partial charge >= 0.3 is 5.76 Å². The molecule has 0 saturated carbocycles. The molecule has 5 rings (SSSR count). The lowest BCUT2D eigenvalue weighted by Crippen LogP contribution is -2.49. The van der Waals surface area contributed by atoms with Crippen molar-refractivity contribution in [3.05, 3.63) is 55.2 Å². The van der Waals surface area contributed by atoms with Gasteiger partial charge < -0.3 is 14.5 Å². The van der Waals surface area contributed by atoms with Gasteiger partial charge in [0.1, 0.15) is 5.60 Å². The number of hydrogen-bond donors (Lipinski definition) is 1. The van der Waals surface area contributed by atoms with Crippen LogP contribution >= 0.6 is 22.9 Å². The van der Waals surface area contributed by atoms with E-state index in [9.17, 15) is 4.79 Å². The van der Waals surface area contributed by atoms with Gasteiger partial charge in [-0.2, -0.15) is 0 Å². The Bertz CT molecular complexity index is 1080. The summed E-state index contributed by atoms with van der Waals surface area (Å²) in [4.78, 5) is 13.1. The number of oxazole rings is 1. The van der Waals surface area contributed by atoms with Gasteiger partial charge in [0.2, 0.25) is 0 Å². The molecular formula is C20H21ClN2O3S. The summed E-state index contributed by atoms with van der Waals surface area (Å²) in [5.41, 5.74) is 3.57. The Hall–Kier alpha value is -1.60. The van der Waals surface area contributed by atoms with Gasteiger partial charge in [0.15, 0.2) is 5.58 Å². The van der Waals surface area contributed by atoms with Crippen LogP contribution in [-0.2, 0) is 23.8 Å². The van der Waals surface area contributed by atoms with Crippen LogP contribution in [-0.4, -0.2) is 17.2 Å². The fourth-order valence-electron chi connectivity index (χ4n) is 4.64.